The molecular weight excluding hydrogens is 304 g/mol. The van der Waals surface area contributed by atoms with Crippen molar-refractivity contribution >= 4 is 5.97 Å². The van der Waals surface area contributed by atoms with Crippen LogP contribution in [-0.4, -0.2) is 34.5 Å². The first-order valence-electron chi connectivity index (χ1n) is 9.17. The van der Waals surface area contributed by atoms with Crippen LogP contribution in [-0.2, 0) is 14.3 Å². The Hall–Kier alpha value is -1.13. The van der Waals surface area contributed by atoms with Gasteiger partial charge in [-0.25, -0.2) is 4.79 Å². The van der Waals surface area contributed by atoms with E-state index >= 15 is 0 Å². The lowest BCUT2D eigenvalue weighted by Crippen LogP contribution is -2.47. The Bertz CT molecular complexity index is 562. The number of hydrogen-bond acceptors (Lipinski definition) is 4. The topological polar surface area (TPSA) is 59.1 Å². The highest BCUT2D eigenvalue weighted by atomic mass is 16.6. The summed E-state index contributed by atoms with van der Waals surface area (Å²) in [5.74, 6) is -0.279. The fourth-order valence-corrected chi connectivity index (χ4v) is 4.06. The van der Waals surface area contributed by atoms with Gasteiger partial charge in [0.15, 0.2) is 0 Å². The number of fused-ring (bicyclic) bond motifs is 3. The van der Waals surface area contributed by atoms with Gasteiger partial charge in [0.05, 0.1) is 17.3 Å². The molecule has 2 fully saturated rings. The fourth-order valence-electron chi connectivity index (χ4n) is 4.06. The summed E-state index contributed by atoms with van der Waals surface area (Å²) in [6.45, 7) is 10.0. The van der Waals surface area contributed by atoms with Gasteiger partial charge in [-0.3, -0.25) is 0 Å². The molecule has 3 rings (SSSR count). The zero-order valence-electron chi connectivity index (χ0n) is 15.1. The molecule has 0 aromatic carbocycles. The second kappa shape index (κ2) is 6.30. The van der Waals surface area contributed by atoms with Crippen molar-refractivity contribution in [1.82, 2.24) is 0 Å². The average molecular weight is 334 g/mol. The van der Waals surface area contributed by atoms with E-state index in [0.29, 0.717) is 24.5 Å². The van der Waals surface area contributed by atoms with Gasteiger partial charge in [0.1, 0.15) is 6.10 Å². The van der Waals surface area contributed by atoms with E-state index in [9.17, 15) is 9.90 Å². The van der Waals surface area contributed by atoms with E-state index in [-0.39, 0.29) is 17.5 Å². The normalized spacial score (nSPS) is 46.2. The summed E-state index contributed by atoms with van der Waals surface area (Å²) in [4.78, 5) is 12.2. The SMILES string of the molecule is C=C1C(=O)OC2CC1CCC1(C)OC1CC/C(C)=C/CCC2(C)O. The van der Waals surface area contributed by atoms with E-state index in [1.54, 1.807) is 6.92 Å². The summed E-state index contributed by atoms with van der Waals surface area (Å²) < 4.78 is 11.4. The van der Waals surface area contributed by atoms with Crippen molar-refractivity contribution in [2.24, 2.45) is 5.92 Å². The summed E-state index contributed by atoms with van der Waals surface area (Å²) in [5.41, 5.74) is 0.820. The molecule has 134 valence electrons. The molecule has 2 saturated heterocycles. The van der Waals surface area contributed by atoms with Gasteiger partial charge >= 0.3 is 5.97 Å². The summed E-state index contributed by atoms with van der Waals surface area (Å²) in [6, 6.07) is 0. The van der Waals surface area contributed by atoms with Crippen LogP contribution in [0.1, 0.15) is 65.7 Å². The Kier molecular flexibility index (Phi) is 4.65. The first kappa shape index (κ1) is 17.7. The zero-order valence-corrected chi connectivity index (χ0v) is 15.1. The largest absolute Gasteiger partial charge is 0.456 e. The van der Waals surface area contributed by atoms with Crippen LogP contribution >= 0.6 is 0 Å². The molecule has 3 aliphatic rings. The van der Waals surface area contributed by atoms with E-state index < -0.39 is 11.7 Å². The summed E-state index contributed by atoms with van der Waals surface area (Å²) in [6.07, 6.45) is 7.98. The molecule has 2 aliphatic heterocycles. The summed E-state index contributed by atoms with van der Waals surface area (Å²) >= 11 is 0. The lowest BCUT2D eigenvalue weighted by molar-refractivity contribution is -0.168. The molecule has 2 bridgehead atoms. The van der Waals surface area contributed by atoms with Gasteiger partial charge in [0.25, 0.3) is 0 Å². The quantitative estimate of drug-likeness (QED) is 0.318. The second-order valence-electron chi connectivity index (χ2n) is 8.29. The molecule has 1 N–H and O–H groups in total. The molecule has 0 saturated carbocycles. The number of hydrogen-bond donors (Lipinski definition) is 1. The predicted octanol–water partition coefficient (Wildman–Crippen LogP) is 3.68. The minimum absolute atomic E-state index is 0.0654. The van der Waals surface area contributed by atoms with E-state index in [4.69, 9.17) is 9.47 Å². The number of rotatable bonds is 0. The molecule has 24 heavy (non-hydrogen) atoms. The number of epoxide rings is 1. The Morgan fingerprint density at radius 3 is 2.75 bits per heavy atom. The first-order chi connectivity index (χ1) is 11.2. The van der Waals surface area contributed by atoms with Crippen LogP contribution < -0.4 is 0 Å². The van der Waals surface area contributed by atoms with Gasteiger partial charge in [-0.2, -0.15) is 0 Å². The van der Waals surface area contributed by atoms with Gasteiger partial charge in [0, 0.05) is 5.57 Å². The molecule has 0 spiro atoms. The molecule has 0 aromatic rings. The van der Waals surface area contributed by atoms with Crippen molar-refractivity contribution in [2.75, 3.05) is 0 Å². The number of carbonyl (C=O) groups excluding carboxylic acids is 1. The number of carbonyl (C=O) groups is 1. The van der Waals surface area contributed by atoms with Crippen LogP contribution in [0.3, 0.4) is 0 Å². The molecule has 2 heterocycles. The van der Waals surface area contributed by atoms with Crippen LogP contribution in [0.25, 0.3) is 0 Å². The molecule has 5 unspecified atom stereocenters. The van der Waals surface area contributed by atoms with Crippen molar-refractivity contribution in [3.05, 3.63) is 23.8 Å². The fraction of sp³-hybridized carbons (Fsp3) is 0.750. The predicted molar refractivity (Wildman–Crippen MR) is 92.5 cm³/mol. The highest BCUT2D eigenvalue weighted by Gasteiger charge is 2.52. The molecule has 0 radical (unpaired) electrons. The average Bonchev–Trinajstić information content (AvgIpc) is 3.16. The van der Waals surface area contributed by atoms with Gasteiger partial charge in [-0.1, -0.05) is 18.2 Å². The van der Waals surface area contributed by atoms with Gasteiger partial charge in [0.2, 0.25) is 0 Å². The van der Waals surface area contributed by atoms with E-state index in [1.165, 1.54) is 5.57 Å². The van der Waals surface area contributed by atoms with Crippen LogP contribution in [0.2, 0.25) is 0 Å². The second-order valence-corrected chi connectivity index (χ2v) is 8.29. The van der Waals surface area contributed by atoms with Gasteiger partial charge in [-0.05, 0) is 71.6 Å². The number of allylic oxidation sites excluding steroid dienone is 2. The maximum atomic E-state index is 12.2. The van der Waals surface area contributed by atoms with E-state index in [2.05, 4.69) is 26.5 Å². The third kappa shape index (κ3) is 3.60. The van der Waals surface area contributed by atoms with Crippen LogP contribution in [0.15, 0.2) is 23.8 Å². The monoisotopic (exact) mass is 334 g/mol. The Morgan fingerprint density at radius 2 is 2.00 bits per heavy atom. The van der Waals surface area contributed by atoms with Crippen LogP contribution in [0.4, 0.5) is 0 Å². The Morgan fingerprint density at radius 1 is 1.25 bits per heavy atom. The van der Waals surface area contributed by atoms with Crippen molar-refractivity contribution in [3.8, 4) is 0 Å². The lowest BCUT2D eigenvalue weighted by atomic mass is 9.79. The zero-order chi connectivity index (χ0) is 17.5. The molecule has 1 aliphatic carbocycles. The molecule has 0 aromatic heterocycles. The minimum atomic E-state index is -1.00. The standard InChI is InChI=1S/C20H30O4/c1-13-6-5-10-19(3,22)17-12-15(14(2)18(21)23-17)9-11-20(4)16(24-20)8-7-13/h6,15-17,22H,2,5,7-12H2,1,3-4H3/b13-6+. The molecule has 4 nitrogen and oxygen atoms in total. The maximum Gasteiger partial charge on any atom is 0.334 e. The highest BCUT2D eigenvalue weighted by Crippen LogP contribution is 2.46. The van der Waals surface area contributed by atoms with Gasteiger partial charge in [-0.15, -0.1) is 0 Å². The molecular formula is C20H30O4. The molecule has 5 atom stereocenters. The van der Waals surface area contributed by atoms with Crippen molar-refractivity contribution in [1.29, 1.82) is 0 Å². The van der Waals surface area contributed by atoms with Crippen molar-refractivity contribution in [2.45, 2.75) is 89.1 Å². The maximum absolute atomic E-state index is 12.2. The number of aliphatic hydroxyl groups is 1. The number of ether oxygens (including phenoxy) is 2. The Balaban J connectivity index is 1.80. The highest BCUT2D eigenvalue weighted by molar-refractivity contribution is 5.89. The lowest BCUT2D eigenvalue weighted by Gasteiger charge is -2.39. The van der Waals surface area contributed by atoms with Crippen LogP contribution in [0.5, 0.6) is 0 Å². The van der Waals surface area contributed by atoms with Gasteiger partial charge < -0.3 is 14.6 Å². The third-order valence-electron chi connectivity index (χ3n) is 6.17. The Labute approximate surface area is 144 Å². The van der Waals surface area contributed by atoms with E-state index in [1.807, 2.05) is 0 Å². The smallest absolute Gasteiger partial charge is 0.334 e. The van der Waals surface area contributed by atoms with Crippen molar-refractivity contribution in [3.63, 3.8) is 0 Å². The van der Waals surface area contributed by atoms with Crippen molar-refractivity contribution < 1.29 is 19.4 Å². The minimum Gasteiger partial charge on any atom is -0.456 e. The summed E-state index contributed by atoms with van der Waals surface area (Å²) in [5, 5.41) is 10.8. The molecule has 0 amide bonds. The third-order valence-corrected chi connectivity index (χ3v) is 6.17. The number of esters is 1. The van der Waals surface area contributed by atoms with E-state index in [0.717, 1.165) is 32.1 Å². The van der Waals surface area contributed by atoms with Crippen LogP contribution in [0, 0.1) is 5.92 Å². The first-order valence-corrected chi connectivity index (χ1v) is 9.17. The summed E-state index contributed by atoms with van der Waals surface area (Å²) in [7, 11) is 0. The molecule has 4 heteroatoms.